The van der Waals surface area contributed by atoms with Crippen LogP contribution in [0.3, 0.4) is 0 Å². The Labute approximate surface area is 119 Å². The van der Waals surface area contributed by atoms with Crippen LogP contribution in [-0.2, 0) is 18.2 Å². The van der Waals surface area contributed by atoms with Gasteiger partial charge in [-0.15, -0.1) is 14.3 Å². The summed E-state index contributed by atoms with van der Waals surface area (Å²) in [5, 5.41) is 9.69. The molecule has 114 valence electrons. The van der Waals surface area contributed by atoms with E-state index in [0.717, 1.165) is 0 Å². The number of rotatable bonds is 6. The van der Waals surface area contributed by atoms with Crippen LogP contribution < -0.4 is 0 Å². The summed E-state index contributed by atoms with van der Waals surface area (Å²) >= 11 is 0. The van der Waals surface area contributed by atoms with Crippen LogP contribution in [0.4, 0.5) is 0 Å². The molecular weight excluding hydrogens is 326 g/mol. The molecule has 0 bridgehead atoms. The lowest BCUT2D eigenvalue weighted by Gasteiger charge is -2.11. The third-order valence-electron chi connectivity index (χ3n) is 2.40. The van der Waals surface area contributed by atoms with Gasteiger partial charge in [-0.25, -0.2) is 4.98 Å². The van der Waals surface area contributed by atoms with Crippen LogP contribution >= 0.6 is 16.5 Å². The zero-order chi connectivity index (χ0) is 14.7. The van der Waals surface area contributed by atoms with E-state index in [4.69, 9.17) is 9.79 Å². The first kappa shape index (κ1) is 17.7. The molecule has 4 unspecified atom stereocenters. The minimum absolute atomic E-state index is 0. The molecule has 0 aliphatic heterocycles. The number of hydrogen-bond acceptors (Lipinski definition) is 6. The van der Waals surface area contributed by atoms with Crippen molar-refractivity contribution in [2.24, 2.45) is 0 Å². The van der Waals surface area contributed by atoms with Crippen LogP contribution in [0, 0.1) is 0 Å². The molecule has 0 amide bonds. The fourth-order valence-electron chi connectivity index (χ4n) is 1.66. The average molecular weight is 338 g/mol. The number of aliphatic hydroxyl groups is 1. The van der Waals surface area contributed by atoms with Gasteiger partial charge in [0.2, 0.25) is 12.4 Å². The van der Waals surface area contributed by atoms with Crippen molar-refractivity contribution >= 4 is 22.2 Å². The maximum atomic E-state index is 10.8. The molecule has 5 N–H and O–H groups in total. The maximum absolute atomic E-state index is 10.8. The molecule has 0 fully saturated rings. The summed E-state index contributed by atoms with van der Waals surface area (Å²) in [6.07, 6.45) is -0.470. The van der Waals surface area contributed by atoms with Crippen LogP contribution in [0.1, 0.15) is 11.8 Å². The Morgan fingerprint density at radius 3 is 2.48 bits per heavy atom. The maximum Gasteiger partial charge on any atom is 0.697 e. The molecule has 2 rings (SSSR count). The van der Waals surface area contributed by atoms with Crippen molar-refractivity contribution < 1.29 is 38.5 Å². The van der Waals surface area contributed by atoms with Gasteiger partial charge < -0.3 is 15.0 Å². The highest BCUT2D eigenvalue weighted by Gasteiger charge is 2.39. The summed E-state index contributed by atoms with van der Waals surface area (Å²) in [5.41, 5.74) is 0.701. The number of aliphatic hydroxyl groups excluding tert-OH is 1. The Bertz CT molecular complexity index is 647. The highest BCUT2D eigenvalue weighted by atomic mass is 31.1. The van der Waals surface area contributed by atoms with E-state index >= 15 is 0 Å². The predicted molar refractivity (Wildman–Crippen MR) is 69.4 cm³/mol. The van der Waals surface area contributed by atoms with Gasteiger partial charge in [0.25, 0.3) is 0 Å². The average Bonchev–Trinajstić information content (AvgIpc) is 2.78. The minimum atomic E-state index is -3.10. The molecule has 21 heavy (non-hydrogen) atoms. The van der Waals surface area contributed by atoms with Crippen LogP contribution in [0.25, 0.3) is 5.65 Å². The second-order valence-corrected chi connectivity index (χ2v) is 4.98. The monoisotopic (exact) mass is 338 g/mol. The molecular formula is C9H12N2O8P2+2. The van der Waals surface area contributed by atoms with Gasteiger partial charge in [0.1, 0.15) is 5.65 Å². The standard InChI is InChI=1S/C9H8N2O7P2.H2O/c12-9(18-20(15)16)8(17-19(13)14)6-5-10-7-3-1-2-4-11(6)7;/h1-5,8-9,12H;1H2/p+2. The lowest BCUT2D eigenvalue weighted by atomic mass is 10.2. The summed E-state index contributed by atoms with van der Waals surface area (Å²) in [6.45, 7) is 0. The molecule has 0 saturated heterocycles. The second kappa shape index (κ2) is 7.60. The Hall–Kier alpha value is -1.35. The van der Waals surface area contributed by atoms with Gasteiger partial charge in [-0.3, -0.25) is 0 Å². The number of fused-ring (bicyclic) bond motifs is 1. The first-order valence-corrected chi connectivity index (χ1v) is 7.51. The van der Waals surface area contributed by atoms with E-state index in [1.165, 1.54) is 10.6 Å². The molecule has 10 nitrogen and oxygen atoms in total. The molecule has 12 heteroatoms. The molecule has 0 aliphatic carbocycles. The van der Waals surface area contributed by atoms with Crippen molar-refractivity contribution in [3.63, 3.8) is 0 Å². The summed E-state index contributed by atoms with van der Waals surface area (Å²) < 4.78 is 31.9. The zero-order valence-electron chi connectivity index (χ0n) is 10.3. The van der Waals surface area contributed by atoms with Gasteiger partial charge in [-0.1, -0.05) is 10.6 Å². The zero-order valence-corrected chi connectivity index (χ0v) is 12.1. The highest BCUT2D eigenvalue weighted by molar-refractivity contribution is 7.32. The lowest BCUT2D eigenvalue weighted by Crippen LogP contribution is -2.21. The fourth-order valence-corrected chi connectivity index (χ4v) is 2.36. The molecule has 0 saturated carbocycles. The van der Waals surface area contributed by atoms with Gasteiger partial charge in [0.15, 0.2) is 0 Å². The van der Waals surface area contributed by atoms with Crippen LogP contribution in [0.5, 0.6) is 0 Å². The van der Waals surface area contributed by atoms with E-state index in [2.05, 4.69) is 14.0 Å². The Morgan fingerprint density at radius 1 is 1.19 bits per heavy atom. The van der Waals surface area contributed by atoms with Crippen LogP contribution in [0.15, 0.2) is 30.6 Å². The van der Waals surface area contributed by atoms with E-state index < -0.39 is 28.9 Å². The molecule has 0 aromatic carbocycles. The minimum Gasteiger partial charge on any atom is -0.412 e. The first-order valence-electron chi connectivity index (χ1n) is 5.25. The molecule has 0 radical (unpaired) electrons. The van der Waals surface area contributed by atoms with E-state index in [1.54, 1.807) is 24.4 Å². The topological polar surface area (TPSA) is 162 Å². The number of hydrogen-bond donors (Lipinski definition) is 3. The van der Waals surface area contributed by atoms with Crippen molar-refractivity contribution in [3.05, 3.63) is 36.3 Å². The van der Waals surface area contributed by atoms with Crippen molar-refractivity contribution in [1.82, 2.24) is 9.38 Å². The van der Waals surface area contributed by atoms with Crippen LogP contribution in [-0.4, -0.2) is 36.0 Å². The highest BCUT2D eigenvalue weighted by Crippen LogP contribution is 2.35. The van der Waals surface area contributed by atoms with Crippen molar-refractivity contribution in [2.45, 2.75) is 12.4 Å². The number of aromatic nitrogens is 2. The summed E-state index contributed by atoms with van der Waals surface area (Å²) in [4.78, 5) is 21.5. The third-order valence-corrected chi connectivity index (χ3v) is 3.20. The molecule has 2 aromatic rings. The van der Waals surface area contributed by atoms with Gasteiger partial charge in [-0.2, -0.15) is 0 Å². The number of pyridine rings is 1. The van der Waals surface area contributed by atoms with Gasteiger partial charge in [0, 0.05) is 15.3 Å². The molecule has 2 aromatic heterocycles. The largest absolute Gasteiger partial charge is 0.697 e. The first-order chi connectivity index (χ1) is 9.49. The second-order valence-electron chi connectivity index (χ2n) is 3.61. The normalized spacial score (nSPS) is 15.2. The van der Waals surface area contributed by atoms with E-state index in [-0.39, 0.29) is 11.2 Å². The summed E-state index contributed by atoms with van der Waals surface area (Å²) in [6, 6.07) is 5.07. The summed E-state index contributed by atoms with van der Waals surface area (Å²) in [7, 11) is -6.17. The Balaban J connectivity index is 0.00000220. The number of nitrogens with zero attached hydrogens (tertiary/aromatic N) is 2. The van der Waals surface area contributed by atoms with Crippen LogP contribution in [0.2, 0.25) is 0 Å². The Kier molecular flexibility index (Phi) is 6.41. The van der Waals surface area contributed by atoms with E-state index in [1.807, 2.05) is 0 Å². The third kappa shape index (κ3) is 4.31. The van der Waals surface area contributed by atoms with Crippen molar-refractivity contribution in [2.75, 3.05) is 0 Å². The van der Waals surface area contributed by atoms with Crippen molar-refractivity contribution in [1.29, 1.82) is 0 Å². The van der Waals surface area contributed by atoms with E-state index in [0.29, 0.717) is 5.65 Å². The number of imidazole rings is 1. The molecule has 0 spiro atoms. The predicted octanol–water partition coefficient (Wildman–Crippen LogP) is 0.202. The molecule has 2 heterocycles. The smallest absolute Gasteiger partial charge is 0.412 e. The SMILES string of the molecule is O.O=[P+](O)OC(O)C(O[P+](=O)O)c1cnc2ccccn12. The van der Waals surface area contributed by atoms with Gasteiger partial charge in [0.05, 0.1) is 11.9 Å². The van der Waals surface area contributed by atoms with Gasteiger partial charge >= 0.3 is 16.5 Å². The molecule has 0 aliphatic rings. The quantitative estimate of drug-likeness (QED) is 0.497. The van der Waals surface area contributed by atoms with E-state index in [9.17, 15) is 14.2 Å². The lowest BCUT2D eigenvalue weighted by molar-refractivity contribution is -0.0979. The van der Waals surface area contributed by atoms with Gasteiger partial charge in [-0.05, 0) is 12.1 Å². The molecule has 4 atom stereocenters. The fraction of sp³-hybridized carbons (Fsp3) is 0.222. The summed E-state index contributed by atoms with van der Waals surface area (Å²) in [5.74, 6) is 0. The van der Waals surface area contributed by atoms with Crippen molar-refractivity contribution in [3.8, 4) is 0 Å². The Morgan fingerprint density at radius 2 is 1.86 bits per heavy atom.